The maximum Gasteiger partial charge on any atom is 0.303 e. The molecule has 6 nitrogen and oxygen atoms in total. The van der Waals surface area contributed by atoms with Gasteiger partial charge in [-0.15, -0.1) is 0 Å². The highest BCUT2D eigenvalue weighted by Crippen LogP contribution is 2.17. The van der Waals surface area contributed by atoms with Gasteiger partial charge in [0.2, 0.25) is 5.91 Å². The van der Waals surface area contributed by atoms with Crippen molar-refractivity contribution in [1.29, 1.82) is 0 Å². The summed E-state index contributed by atoms with van der Waals surface area (Å²) in [5, 5.41) is 11.6. The van der Waals surface area contributed by atoms with Crippen LogP contribution in [0.5, 0.6) is 0 Å². The van der Waals surface area contributed by atoms with E-state index in [1.54, 1.807) is 12.5 Å². The Hall–Kier alpha value is -1.85. The summed E-state index contributed by atoms with van der Waals surface area (Å²) in [7, 11) is 0. The van der Waals surface area contributed by atoms with E-state index in [0.717, 1.165) is 19.3 Å². The number of amides is 1. The van der Waals surface area contributed by atoms with Crippen molar-refractivity contribution in [3.63, 3.8) is 0 Å². The summed E-state index contributed by atoms with van der Waals surface area (Å²) < 4.78 is 1.87. The molecule has 6 heteroatoms. The highest BCUT2D eigenvalue weighted by Gasteiger charge is 2.10. The fourth-order valence-electron chi connectivity index (χ4n) is 2.32. The first-order valence-electron chi connectivity index (χ1n) is 7.56. The van der Waals surface area contributed by atoms with Crippen LogP contribution >= 0.6 is 0 Å². The molecule has 0 aliphatic rings. The molecule has 1 heterocycles. The molecule has 118 valence electrons. The number of aryl methyl sites for hydroxylation is 1. The van der Waals surface area contributed by atoms with Crippen molar-refractivity contribution in [1.82, 2.24) is 14.9 Å². The van der Waals surface area contributed by atoms with Gasteiger partial charge in [-0.05, 0) is 18.8 Å². The van der Waals surface area contributed by atoms with Crippen LogP contribution < -0.4 is 5.32 Å². The van der Waals surface area contributed by atoms with Gasteiger partial charge in [0.25, 0.3) is 0 Å². The third kappa shape index (κ3) is 8.12. The Morgan fingerprint density at radius 1 is 1.29 bits per heavy atom. The zero-order chi connectivity index (χ0) is 15.5. The van der Waals surface area contributed by atoms with Crippen molar-refractivity contribution in [2.75, 3.05) is 6.54 Å². The first-order chi connectivity index (χ1) is 10.1. The fraction of sp³-hybridized carbons (Fsp3) is 0.667. The summed E-state index contributed by atoms with van der Waals surface area (Å²) >= 11 is 0. The number of hydrogen-bond acceptors (Lipinski definition) is 3. The third-order valence-electron chi connectivity index (χ3n) is 3.49. The van der Waals surface area contributed by atoms with Crippen LogP contribution in [0, 0.1) is 5.92 Å². The van der Waals surface area contributed by atoms with E-state index < -0.39 is 5.97 Å². The molecule has 0 saturated carbocycles. The smallest absolute Gasteiger partial charge is 0.303 e. The van der Waals surface area contributed by atoms with Gasteiger partial charge in [0, 0.05) is 38.3 Å². The number of nitrogens with one attached hydrogen (secondary N) is 1. The Bertz CT molecular complexity index is 418. The highest BCUT2D eigenvalue weighted by atomic mass is 16.4. The zero-order valence-corrected chi connectivity index (χ0v) is 12.6. The second-order valence-electron chi connectivity index (χ2n) is 5.28. The van der Waals surface area contributed by atoms with Crippen LogP contribution in [0.4, 0.5) is 0 Å². The van der Waals surface area contributed by atoms with Gasteiger partial charge in [0.05, 0.1) is 6.33 Å². The number of carboxylic acids is 1. The zero-order valence-electron chi connectivity index (χ0n) is 12.6. The molecule has 0 saturated heterocycles. The van der Waals surface area contributed by atoms with Crippen LogP contribution in [-0.4, -0.2) is 33.1 Å². The molecule has 2 N–H and O–H groups in total. The van der Waals surface area contributed by atoms with Crippen molar-refractivity contribution in [3.8, 4) is 0 Å². The summed E-state index contributed by atoms with van der Waals surface area (Å²) in [6.45, 7) is 3.34. The molecule has 1 amide bonds. The molecule has 0 fully saturated rings. The average molecular weight is 295 g/mol. The minimum absolute atomic E-state index is 0.0252. The minimum Gasteiger partial charge on any atom is -0.481 e. The lowest BCUT2D eigenvalue weighted by Gasteiger charge is -2.15. The first kappa shape index (κ1) is 17.2. The summed E-state index contributed by atoms with van der Waals surface area (Å²) in [4.78, 5) is 26.2. The van der Waals surface area contributed by atoms with Crippen LogP contribution in [0.2, 0.25) is 0 Å². The largest absolute Gasteiger partial charge is 0.481 e. The van der Waals surface area contributed by atoms with Gasteiger partial charge >= 0.3 is 5.97 Å². The Morgan fingerprint density at radius 3 is 2.71 bits per heavy atom. The maximum absolute atomic E-state index is 11.7. The van der Waals surface area contributed by atoms with Gasteiger partial charge in [-0.25, -0.2) is 4.98 Å². The Balaban J connectivity index is 2.16. The number of nitrogens with zero attached hydrogens (tertiary/aromatic N) is 2. The van der Waals surface area contributed by atoms with Crippen LogP contribution in [0.25, 0.3) is 0 Å². The van der Waals surface area contributed by atoms with Gasteiger partial charge in [-0.3, -0.25) is 9.59 Å². The van der Waals surface area contributed by atoms with E-state index in [1.165, 1.54) is 0 Å². The van der Waals surface area contributed by atoms with Crippen molar-refractivity contribution < 1.29 is 14.7 Å². The summed E-state index contributed by atoms with van der Waals surface area (Å²) in [5.41, 5.74) is 0. The van der Waals surface area contributed by atoms with Crippen molar-refractivity contribution in [2.24, 2.45) is 5.92 Å². The highest BCUT2D eigenvalue weighted by molar-refractivity contribution is 5.75. The summed E-state index contributed by atoms with van der Waals surface area (Å²) in [6.07, 6.45) is 9.44. The van der Waals surface area contributed by atoms with Gasteiger partial charge < -0.3 is 15.0 Å². The SMILES string of the molecule is CCCC(CCNC(=O)CCn1ccnc1)CCC(=O)O. The molecule has 0 aliphatic heterocycles. The molecule has 0 bridgehead atoms. The number of carbonyl (C=O) groups is 2. The fourth-order valence-corrected chi connectivity index (χ4v) is 2.32. The van der Waals surface area contributed by atoms with E-state index in [4.69, 9.17) is 5.11 Å². The van der Waals surface area contributed by atoms with E-state index in [9.17, 15) is 9.59 Å². The number of rotatable bonds is 11. The topological polar surface area (TPSA) is 84.2 Å². The predicted molar refractivity (Wildman–Crippen MR) is 79.7 cm³/mol. The molecule has 1 aromatic rings. The minimum atomic E-state index is -0.750. The number of aliphatic carboxylic acids is 1. The monoisotopic (exact) mass is 295 g/mol. The third-order valence-corrected chi connectivity index (χ3v) is 3.49. The molecule has 1 atom stereocenters. The number of imidazole rings is 1. The van der Waals surface area contributed by atoms with E-state index in [-0.39, 0.29) is 12.3 Å². The Kier molecular flexibility index (Phi) is 8.16. The van der Waals surface area contributed by atoms with Crippen molar-refractivity contribution >= 4 is 11.9 Å². The molecule has 1 unspecified atom stereocenters. The van der Waals surface area contributed by atoms with Crippen molar-refractivity contribution in [3.05, 3.63) is 18.7 Å². The Morgan fingerprint density at radius 2 is 2.10 bits per heavy atom. The maximum atomic E-state index is 11.7. The first-order valence-corrected chi connectivity index (χ1v) is 7.56. The lowest BCUT2D eigenvalue weighted by Crippen LogP contribution is -2.26. The van der Waals surface area contributed by atoms with E-state index in [1.807, 2.05) is 10.8 Å². The van der Waals surface area contributed by atoms with Gasteiger partial charge in [-0.1, -0.05) is 19.8 Å². The van der Waals surface area contributed by atoms with E-state index in [2.05, 4.69) is 17.2 Å². The molecule has 21 heavy (non-hydrogen) atoms. The summed E-state index contributed by atoms with van der Waals surface area (Å²) in [5.74, 6) is -0.349. The quantitative estimate of drug-likeness (QED) is 0.654. The van der Waals surface area contributed by atoms with Gasteiger partial charge in [0.15, 0.2) is 0 Å². The van der Waals surface area contributed by atoms with E-state index >= 15 is 0 Å². The lowest BCUT2D eigenvalue weighted by molar-refractivity contribution is -0.137. The second kappa shape index (κ2) is 9.96. The standard InChI is InChI=1S/C15H25N3O3/c1-2-3-13(4-5-15(20)21)6-8-17-14(19)7-10-18-11-9-16-12-18/h9,11-13H,2-8,10H2,1H3,(H,17,19)(H,20,21). The molecular formula is C15H25N3O3. The van der Waals surface area contributed by atoms with Crippen LogP contribution in [0.15, 0.2) is 18.7 Å². The predicted octanol–water partition coefficient (Wildman–Crippen LogP) is 2.06. The van der Waals surface area contributed by atoms with Gasteiger partial charge in [0.1, 0.15) is 0 Å². The normalized spacial score (nSPS) is 12.0. The van der Waals surface area contributed by atoms with Crippen LogP contribution in [0.1, 0.15) is 45.4 Å². The molecule has 0 spiro atoms. The number of carbonyl (C=O) groups excluding carboxylic acids is 1. The average Bonchev–Trinajstić information content (AvgIpc) is 2.95. The summed E-state index contributed by atoms with van der Waals surface area (Å²) in [6, 6.07) is 0. The molecule has 1 aromatic heterocycles. The number of hydrogen-bond donors (Lipinski definition) is 2. The molecular weight excluding hydrogens is 270 g/mol. The molecule has 1 rings (SSSR count). The second-order valence-corrected chi connectivity index (χ2v) is 5.28. The van der Waals surface area contributed by atoms with Crippen molar-refractivity contribution in [2.45, 2.75) is 52.0 Å². The molecule has 0 radical (unpaired) electrons. The number of carboxylic acid groups (broad SMARTS) is 1. The van der Waals surface area contributed by atoms with E-state index in [0.29, 0.717) is 31.8 Å². The molecule has 0 aromatic carbocycles. The van der Waals surface area contributed by atoms with Crippen LogP contribution in [0.3, 0.4) is 0 Å². The number of aromatic nitrogens is 2. The molecule has 0 aliphatic carbocycles. The van der Waals surface area contributed by atoms with Gasteiger partial charge in [-0.2, -0.15) is 0 Å². The van der Waals surface area contributed by atoms with Crippen LogP contribution in [-0.2, 0) is 16.1 Å². The lowest BCUT2D eigenvalue weighted by atomic mass is 9.94. The Labute approximate surface area is 125 Å².